The summed E-state index contributed by atoms with van der Waals surface area (Å²) in [6.07, 6.45) is -4.59. The second-order valence-electron chi connectivity index (χ2n) is 4.78. The minimum atomic E-state index is -4.59. The number of primary amides is 1. The number of anilines is 1. The van der Waals surface area contributed by atoms with Gasteiger partial charge in [-0.05, 0) is 32.0 Å². The summed E-state index contributed by atoms with van der Waals surface area (Å²) in [5.41, 5.74) is 9.51. The van der Waals surface area contributed by atoms with E-state index < -0.39 is 17.6 Å². The van der Waals surface area contributed by atoms with Crippen molar-refractivity contribution in [2.24, 2.45) is 11.5 Å². The fourth-order valence-electron chi connectivity index (χ4n) is 1.90. The molecule has 4 N–H and O–H groups in total. The molecule has 0 atom stereocenters. The number of alkyl halides is 3. The molecule has 1 aromatic carbocycles. The van der Waals surface area contributed by atoms with E-state index in [4.69, 9.17) is 11.5 Å². The quantitative estimate of drug-likeness (QED) is 0.815. The molecule has 0 aliphatic rings. The van der Waals surface area contributed by atoms with Gasteiger partial charge in [0.25, 0.3) is 0 Å². The summed E-state index contributed by atoms with van der Waals surface area (Å²) in [6.45, 7) is 3.32. The van der Waals surface area contributed by atoms with Crippen LogP contribution >= 0.6 is 12.2 Å². The van der Waals surface area contributed by atoms with Gasteiger partial charge in [-0.2, -0.15) is 13.2 Å². The predicted octanol–water partition coefficient (Wildman–Crippen LogP) is 2.04. The lowest BCUT2D eigenvalue weighted by molar-refractivity contribution is -0.137. The Bertz CT molecular complexity index is 558. The van der Waals surface area contributed by atoms with Crippen LogP contribution in [-0.4, -0.2) is 23.5 Å². The summed E-state index contributed by atoms with van der Waals surface area (Å²) >= 11 is 4.64. The summed E-state index contributed by atoms with van der Waals surface area (Å²) in [5, 5.41) is 0. The minimum Gasteiger partial charge on any atom is -0.389 e. The van der Waals surface area contributed by atoms with Crippen molar-refractivity contribution in [1.82, 2.24) is 0 Å². The van der Waals surface area contributed by atoms with Gasteiger partial charge in [0.15, 0.2) is 0 Å². The molecule has 21 heavy (non-hydrogen) atoms. The third-order valence-corrected chi connectivity index (χ3v) is 3.08. The van der Waals surface area contributed by atoms with Crippen molar-refractivity contribution < 1.29 is 18.0 Å². The van der Waals surface area contributed by atoms with Crippen molar-refractivity contribution in [2.75, 3.05) is 11.4 Å². The maximum atomic E-state index is 13.1. The van der Waals surface area contributed by atoms with Crippen LogP contribution in [0.3, 0.4) is 0 Å². The molecular formula is C13H16F3N3OS. The Morgan fingerprint density at radius 2 is 1.90 bits per heavy atom. The molecule has 0 aliphatic heterocycles. The highest BCUT2D eigenvalue weighted by molar-refractivity contribution is 7.80. The number of amides is 1. The van der Waals surface area contributed by atoms with E-state index in [2.05, 4.69) is 12.2 Å². The fourth-order valence-corrected chi connectivity index (χ4v) is 2.08. The van der Waals surface area contributed by atoms with Crippen LogP contribution in [0.2, 0.25) is 0 Å². The third-order valence-electron chi connectivity index (χ3n) is 2.86. The van der Waals surface area contributed by atoms with Crippen LogP contribution in [0.1, 0.15) is 25.0 Å². The largest absolute Gasteiger partial charge is 0.417 e. The van der Waals surface area contributed by atoms with Crippen LogP contribution < -0.4 is 16.4 Å². The van der Waals surface area contributed by atoms with Gasteiger partial charge in [0.2, 0.25) is 5.91 Å². The molecule has 0 bridgehead atoms. The first-order valence-electron chi connectivity index (χ1n) is 6.10. The molecular weight excluding hydrogens is 303 g/mol. The second-order valence-corrected chi connectivity index (χ2v) is 5.22. The normalized spacial score (nSPS) is 11.5. The van der Waals surface area contributed by atoms with Crippen molar-refractivity contribution in [3.63, 3.8) is 0 Å². The summed E-state index contributed by atoms with van der Waals surface area (Å²) in [4.78, 5) is 12.2. The first-order chi connectivity index (χ1) is 9.54. The zero-order chi connectivity index (χ0) is 16.4. The minimum absolute atomic E-state index is 0.179. The summed E-state index contributed by atoms with van der Waals surface area (Å²) in [6, 6.07) is 3.37. The number of nitrogens with two attached hydrogens (primary N) is 2. The number of hydrogen-bond acceptors (Lipinski definition) is 3. The van der Waals surface area contributed by atoms with Crippen molar-refractivity contribution in [2.45, 2.75) is 26.1 Å². The molecule has 8 heteroatoms. The molecule has 4 nitrogen and oxygen atoms in total. The average Bonchev–Trinajstić information content (AvgIpc) is 2.33. The van der Waals surface area contributed by atoms with E-state index in [-0.39, 0.29) is 28.8 Å². The van der Waals surface area contributed by atoms with Gasteiger partial charge in [-0.25, -0.2) is 0 Å². The van der Waals surface area contributed by atoms with E-state index in [1.54, 1.807) is 13.8 Å². The van der Waals surface area contributed by atoms with Crippen molar-refractivity contribution in [1.29, 1.82) is 0 Å². The van der Waals surface area contributed by atoms with E-state index in [1.165, 1.54) is 17.0 Å². The van der Waals surface area contributed by atoms with Crippen molar-refractivity contribution in [3.05, 3.63) is 29.3 Å². The van der Waals surface area contributed by atoms with E-state index in [1.807, 2.05) is 0 Å². The van der Waals surface area contributed by atoms with Gasteiger partial charge >= 0.3 is 6.18 Å². The lowest BCUT2D eigenvalue weighted by atomic mass is 10.0. The summed E-state index contributed by atoms with van der Waals surface area (Å²) in [5.74, 6) is -0.629. The van der Waals surface area contributed by atoms with Gasteiger partial charge in [0.05, 0.1) is 12.1 Å². The molecule has 0 aliphatic carbocycles. The number of thiocarbonyl (C=S) groups is 1. The van der Waals surface area contributed by atoms with Crippen LogP contribution in [0, 0.1) is 0 Å². The number of nitrogens with zero attached hydrogens (tertiary/aromatic N) is 1. The number of halogens is 3. The highest BCUT2D eigenvalue weighted by Gasteiger charge is 2.35. The highest BCUT2D eigenvalue weighted by Crippen LogP contribution is 2.35. The molecule has 1 amide bonds. The number of rotatable bonds is 5. The van der Waals surface area contributed by atoms with Crippen LogP contribution in [0.25, 0.3) is 0 Å². The highest BCUT2D eigenvalue weighted by atomic mass is 32.1. The second kappa shape index (κ2) is 6.30. The number of carbonyl (C=O) groups is 1. The van der Waals surface area contributed by atoms with E-state index in [0.29, 0.717) is 0 Å². The first kappa shape index (κ1) is 17.2. The van der Waals surface area contributed by atoms with Gasteiger partial charge in [0.1, 0.15) is 4.99 Å². The molecule has 116 valence electrons. The van der Waals surface area contributed by atoms with Gasteiger partial charge in [-0.1, -0.05) is 12.2 Å². The molecule has 0 fully saturated rings. The third kappa shape index (κ3) is 4.32. The molecule has 0 radical (unpaired) electrons. The number of benzene rings is 1. The van der Waals surface area contributed by atoms with E-state index in [0.717, 1.165) is 6.07 Å². The summed E-state index contributed by atoms with van der Waals surface area (Å²) in [7, 11) is 0. The van der Waals surface area contributed by atoms with Crippen LogP contribution in [0.15, 0.2) is 18.2 Å². The molecule has 0 heterocycles. The van der Waals surface area contributed by atoms with Gasteiger partial charge in [-0.15, -0.1) is 0 Å². The van der Waals surface area contributed by atoms with Crippen LogP contribution in [0.4, 0.5) is 18.9 Å². The first-order valence-corrected chi connectivity index (χ1v) is 6.51. The maximum absolute atomic E-state index is 13.1. The van der Waals surface area contributed by atoms with E-state index >= 15 is 0 Å². The molecule has 0 saturated carbocycles. The van der Waals surface area contributed by atoms with Crippen molar-refractivity contribution >= 4 is 28.8 Å². The molecule has 0 saturated heterocycles. The monoisotopic (exact) mass is 319 g/mol. The standard InChI is InChI=1S/C13H16F3N3OS/c1-7(2)19(6-11(17)20)8-3-4-9(12(18)21)10(5-8)13(14,15)16/h3-5,7H,6H2,1-2H3,(H2,17,20)(H2,18,21). The Labute approximate surface area is 125 Å². The maximum Gasteiger partial charge on any atom is 0.417 e. The van der Waals surface area contributed by atoms with Gasteiger partial charge < -0.3 is 16.4 Å². The van der Waals surface area contributed by atoms with Crippen molar-refractivity contribution in [3.8, 4) is 0 Å². The molecule has 1 rings (SSSR count). The Morgan fingerprint density at radius 3 is 2.29 bits per heavy atom. The Morgan fingerprint density at radius 1 is 1.33 bits per heavy atom. The smallest absolute Gasteiger partial charge is 0.389 e. The van der Waals surface area contributed by atoms with Crippen LogP contribution in [-0.2, 0) is 11.0 Å². The zero-order valence-electron chi connectivity index (χ0n) is 11.6. The topological polar surface area (TPSA) is 72.3 Å². The van der Waals surface area contributed by atoms with Crippen LogP contribution in [0.5, 0.6) is 0 Å². The lowest BCUT2D eigenvalue weighted by Gasteiger charge is -2.28. The summed E-state index contributed by atoms with van der Waals surface area (Å²) < 4.78 is 39.3. The number of hydrogen-bond donors (Lipinski definition) is 2. The zero-order valence-corrected chi connectivity index (χ0v) is 12.4. The molecule has 0 spiro atoms. The molecule has 0 aromatic heterocycles. The molecule has 1 aromatic rings. The molecule has 0 unspecified atom stereocenters. The lowest BCUT2D eigenvalue weighted by Crippen LogP contribution is -2.38. The fraction of sp³-hybridized carbons (Fsp3) is 0.385. The van der Waals surface area contributed by atoms with Gasteiger partial charge in [0, 0.05) is 17.3 Å². The Hall–Kier alpha value is -1.83. The van der Waals surface area contributed by atoms with Gasteiger partial charge in [-0.3, -0.25) is 4.79 Å². The van der Waals surface area contributed by atoms with E-state index in [9.17, 15) is 18.0 Å². The number of carbonyl (C=O) groups excluding carboxylic acids is 1. The average molecular weight is 319 g/mol. The predicted molar refractivity (Wildman–Crippen MR) is 79.0 cm³/mol. The SMILES string of the molecule is CC(C)N(CC(N)=O)c1ccc(C(N)=S)c(C(F)(F)F)c1. The Kier molecular flexibility index (Phi) is 5.16. The Balaban J connectivity index is 3.38.